The van der Waals surface area contributed by atoms with Gasteiger partial charge in [0.05, 0.1) is 12.6 Å². The summed E-state index contributed by atoms with van der Waals surface area (Å²) in [6, 6.07) is 0. The van der Waals surface area contributed by atoms with E-state index in [0.717, 1.165) is 6.54 Å². The molecule has 1 aliphatic carbocycles. The predicted octanol–water partition coefficient (Wildman–Crippen LogP) is 2.92. The molecule has 1 saturated carbocycles. The maximum absolute atomic E-state index is 5.75. The van der Waals surface area contributed by atoms with Crippen molar-refractivity contribution in [2.75, 3.05) is 20.2 Å². The second-order valence-electron chi connectivity index (χ2n) is 5.72. The first-order chi connectivity index (χ1) is 8.82. The van der Waals surface area contributed by atoms with Crippen LogP contribution in [0.3, 0.4) is 0 Å². The molecule has 18 heavy (non-hydrogen) atoms. The van der Waals surface area contributed by atoms with Crippen molar-refractivity contribution in [3.63, 3.8) is 0 Å². The van der Waals surface area contributed by atoms with Crippen LogP contribution in [0.15, 0.2) is 11.6 Å². The molecule has 2 fully saturated rings. The van der Waals surface area contributed by atoms with Crippen LogP contribution in [0.4, 0.5) is 0 Å². The van der Waals surface area contributed by atoms with E-state index >= 15 is 0 Å². The van der Waals surface area contributed by atoms with Crippen LogP contribution >= 0.6 is 11.3 Å². The van der Waals surface area contributed by atoms with Gasteiger partial charge in [0.1, 0.15) is 5.01 Å². The van der Waals surface area contributed by atoms with Crippen LogP contribution in [-0.4, -0.2) is 36.2 Å². The van der Waals surface area contributed by atoms with Gasteiger partial charge in [-0.25, -0.2) is 4.98 Å². The zero-order valence-electron chi connectivity index (χ0n) is 11.1. The third-order valence-corrected chi connectivity index (χ3v) is 5.40. The summed E-state index contributed by atoms with van der Waals surface area (Å²) < 4.78 is 5.75. The van der Waals surface area contributed by atoms with Crippen LogP contribution in [0.25, 0.3) is 0 Å². The first kappa shape index (κ1) is 12.6. The van der Waals surface area contributed by atoms with Crippen molar-refractivity contribution < 1.29 is 4.74 Å². The number of rotatable bonds is 3. The summed E-state index contributed by atoms with van der Waals surface area (Å²) in [6.07, 6.45) is 8.99. The lowest BCUT2D eigenvalue weighted by Crippen LogP contribution is -2.47. The number of thiazole rings is 1. The normalized spacial score (nSPS) is 33.3. The minimum absolute atomic E-state index is 0.435. The lowest BCUT2D eigenvalue weighted by Gasteiger charge is -2.43. The van der Waals surface area contributed by atoms with Gasteiger partial charge in [-0.3, -0.25) is 4.90 Å². The molecule has 0 radical (unpaired) electrons. The number of methoxy groups -OCH3 is 1. The van der Waals surface area contributed by atoms with Crippen LogP contribution in [0.1, 0.15) is 37.1 Å². The molecule has 0 aromatic carbocycles. The summed E-state index contributed by atoms with van der Waals surface area (Å²) in [4.78, 5) is 6.99. The summed E-state index contributed by atoms with van der Waals surface area (Å²) in [7, 11) is 1.89. The van der Waals surface area contributed by atoms with Crippen molar-refractivity contribution in [2.45, 2.75) is 44.8 Å². The Morgan fingerprint density at radius 3 is 3.17 bits per heavy atom. The monoisotopic (exact) mass is 266 g/mol. The van der Waals surface area contributed by atoms with Crippen molar-refractivity contribution >= 4 is 11.3 Å². The van der Waals surface area contributed by atoms with E-state index < -0.39 is 0 Å². The number of hydrogen-bond donors (Lipinski definition) is 0. The Hall–Kier alpha value is -0.450. The quantitative estimate of drug-likeness (QED) is 0.841. The molecule has 0 unspecified atom stereocenters. The SMILES string of the molecule is CO[C@@H]1CCC[C@@]12CCCN(Cc1nccs1)C2. The Morgan fingerprint density at radius 2 is 2.39 bits per heavy atom. The summed E-state index contributed by atoms with van der Waals surface area (Å²) in [5.74, 6) is 0. The third kappa shape index (κ3) is 2.33. The highest BCUT2D eigenvalue weighted by Gasteiger charge is 2.45. The van der Waals surface area contributed by atoms with Crippen LogP contribution < -0.4 is 0 Å². The van der Waals surface area contributed by atoms with Gasteiger partial charge in [-0.1, -0.05) is 6.42 Å². The van der Waals surface area contributed by atoms with Gasteiger partial charge in [0.25, 0.3) is 0 Å². The maximum atomic E-state index is 5.75. The number of piperidine rings is 1. The van der Waals surface area contributed by atoms with Crippen molar-refractivity contribution in [3.05, 3.63) is 16.6 Å². The summed E-state index contributed by atoms with van der Waals surface area (Å²) in [5, 5.41) is 3.32. The lowest BCUT2D eigenvalue weighted by atomic mass is 9.76. The minimum atomic E-state index is 0.435. The molecular weight excluding hydrogens is 244 g/mol. The van der Waals surface area contributed by atoms with E-state index in [0.29, 0.717) is 11.5 Å². The summed E-state index contributed by atoms with van der Waals surface area (Å²) >= 11 is 1.77. The van der Waals surface area contributed by atoms with E-state index in [-0.39, 0.29) is 0 Å². The van der Waals surface area contributed by atoms with Crippen LogP contribution in [0, 0.1) is 5.41 Å². The van der Waals surface area contributed by atoms with Crippen LogP contribution in [-0.2, 0) is 11.3 Å². The molecule has 3 nitrogen and oxygen atoms in total. The number of nitrogens with zero attached hydrogens (tertiary/aromatic N) is 2. The van der Waals surface area contributed by atoms with Gasteiger partial charge in [0.2, 0.25) is 0 Å². The Labute approximate surface area is 113 Å². The second kappa shape index (κ2) is 5.27. The van der Waals surface area contributed by atoms with Crippen molar-refractivity contribution in [1.82, 2.24) is 9.88 Å². The zero-order chi connectivity index (χ0) is 12.4. The van der Waals surface area contributed by atoms with E-state index in [1.807, 2.05) is 13.3 Å². The molecule has 100 valence electrons. The van der Waals surface area contributed by atoms with Gasteiger partial charge in [-0.05, 0) is 32.2 Å². The Bertz CT molecular complexity index is 381. The fourth-order valence-corrected chi connectivity index (χ4v) is 4.51. The fraction of sp³-hybridized carbons (Fsp3) is 0.786. The molecule has 0 bridgehead atoms. The van der Waals surface area contributed by atoms with Crippen molar-refractivity contribution in [1.29, 1.82) is 0 Å². The van der Waals surface area contributed by atoms with Crippen molar-refractivity contribution in [2.24, 2.45) is 5.41 Å². The van der Waals surface area contributed by atoms with E-state index in [9.17, 15) is 0 Å². The molecule has 1 aliphatic heterocycles. The van der Waals surface area contributed by atoms with Gasteiger partial charge in [-0.15, -0.1) is 11.3 Å². The highest BCUT2D eigenvalue weighted by Crippen LogP contribution is 2.46. The Balaban J connectivity index is 1.68. The standard InChI is InChI=1S/C14H22N2OS/c1-17-12-4-2-5-14(12)6-3-8-16(11-14)10-13-15-7-9-18-13/h7,9,12H,2-6,8,10-11H2,1H3/t12-,14+/m1/s1. The van der Waals surface area contributed by atoms with Crippen molar-refractivity contribution in [3.8, 4) is 0 Å². The third-order valence-electron chi connectivity index (χ3n) is 4.64. The van der Waals surface area contributed by atoms with E-state index in [1.54, 1.807) is 11.3 Å². The molecule has 2 heterocycles. The molecule has 2 atom stereocenters. The largest absolute Gasteiger partial charge is 0.381 e. The molecule has 0 amide bonds. The summed E-state index contributed by atoms with van der Waals surface area (Å²) in [5.41, 5.74) is 0.435. The highest BCUT2D eigenvalue weighted by atomic mass is 32.1. The second-order valence-corrected chi connectivity index (χ2v) is 6.70. The van der Waals surface area contributed by atoms with Crippen LogP contribution in [0.5, 0.6) is 0 Å². The summed E-state index contributed by atoms with van der Waals surface area (Å²) in [6.45, 7) is 3.44. The molecule has 2 aliphatic rings. The Kier molecular flexibility index (Phi) is 3.68. The number of ether oxygens (including phenoxy) is 1. The topological polar surface area (TPSA) is 25.4 Å². The number of aromatic nitrogens is 1. The first-order valence-electron chi connectivity index (χ1n) is 6.96. The minimum Gasteiger partial charge on any atom is -0.381 e. The van der Waals surface area contributed by atoms with Gasteiger partial charge in [-0.2, -0.15) is 0 Å². The molecule has 4 heteroatoms. The average molecular weight is 266 g/mol. The van der Waals surface area contributed by atoms with E-state index in [4.69, 9.17) is 4.74 Å². The number of hydrogen-bond acceptors (Lipinski definition) is 4. The molecule has 1 aromatic heterocycles. The molecule has 0 N–H and O–H groups in total. The van der Waals surface area contributed by atoms with Gasteiger partial charge in [0, 0.05) is 30.6 Å². The molecule has 1 spiro atoms. The number of likely N-dealkylation sites (tertiary alicyclic amines) is 1. The van der Waals surface area contributed by atoms with E-state index in [1.165, 1.54) is 50.2 Å². The van der Waals surface area contributed by atoms with Gasteiger partial charge >= 0.3 is 0 Å². The first-order valence-corrected chi connectivity index (χ1v) is 7.84. The molecular formula is C14H22N2OS. The highest BCUT2D eigenvalue weighted by molar-refractivity contribution is 7.09. The van der Waals surface area contributed by atoms with E-state index in [2.05, 4.69) is 15.3 Å². The lowest BCUT2D eigenvalue weighted by molar-refractivity contribution is -0.0366. The van der Waals surface area contributed by atoms with Gasteiger partial charge in [0.15, 0.2) is 0 Å². The molecule has 1 saturated heterocycles. The predicted molar refractivity (Wildman–Crippen MR) is 73.7 cm³/mol. The van der Waals surface area contributed by atoms with Gasteiger partial charge < -0.3 is 4.74 Å². The average Bonchev–Trinajstić information content (AvgIpc) is 3.00. The molecule has 1 aromatic rings. The fourth-order valence-electron chi connectivity index (χ4n) is 3.86. The Morgan fingerprint density at radius 1 is 1.50 bits per heavy atom. The van der Waals surface area contributed by atoms with Crippen LogP contribution in [0.2, 0.25) is 0 Å². The zero-order valence-corrected chi connectivity index (χ0v) is 11.9. The maximum Gasteiger partial charge on any atom is 0.107 e. The smallest absolute Gasteiger partial charge is 0.107 e. The molecule has 3 rings (SSSR count).